The fourth-order valence-electron chi connectivity index (χ4n) is 1.60. The molecule has 1 saturated carbocycles. The van der Waals surface area contributed by atoms with Crippen molar-refractivity contribution in [1.29, 1.82) is 0 Å². The van der Waals surface area contributed by atoms with Gasteiger partial charge in [0.1, 0.15) is 0 Å². The van der Waals surface area contributed by atoms with Gasteiger partial charge in [0.15, 0.2) is 0 Å². The molecular formula is C9H20N2. The molecule has 0 bridgehead atoms. The zero-order valence-corrected chi connectivity index (χ0v) is 7.91. The van der Waals surface area contributed by atoms with Gasteiger partial charge in [-0.15, -0.1) is 0 Å². The molecular weight excluding hydrogens is 136 g/mol. The van der Waals surface area contributed by atoms with Crippen LogP contribution in [0.5, 0.6) is 0 Å². The summed E-state index contributed by atoms with van der Waals surface area (Å²) in [4.78, 5) is 0. The lowest BCUT2D eigenvalue weighted by atomic mass is 9.90. The van der Waals surface area contributed by atoms with E-state index in [9.17, 15) is 0 Å². The normalized spacial score (nSPS) is 19.9. The first-order valence-corrected chi connectivity index (χ1v) is 4.56. The smallest absolute Gasteiger partial charge is 0.0252 e. The second-order valence-electron chi connectivity index (χ2n) is 4.19. The topological polar surface area (TPSA) is 24.1 Å². The molecule has 0 aromatic heterocycles. The monoisotopic (exact) mass is 156 g/mol. The predicted octanol–water partition coefficient (Wildman–Crippen LogP) is 1.13. The summed E-state index contributed by atoms with van der Waals surface area (Å²) in [6.07, 6.45) is 4.15. The van der Waals surface area contributed by atoms with Gasteiger partial charge in [-0.3, -0.25) is 0 Å². The van der Waals surface area contributed by atoms with Crippen molar-refractivity contribution < 1.29 is 0 Å². The SMILES string of the molecule is CNCC(C)(C)NC1CCC1. The average molecular weight is 156 g/mol. The van der Waals surface area contributed by atoms with Gasteiger partial charge in [-0.1, -0.05) is 6.42 Å². The van der Waals surface area contributed by atoms with E-state index in [1.165, 1.54) is 19.3 Å². The van der Waals surface area contributed by atoms with Crippen LogP contribution in [0.4, 0.5) is 0 Å². The third kappa shape index (κ3) is 2.80. The lowest BCUT2D eigenvalue weighted by Crippen LogP contribution is -2.53. The Morgan fingerprint density at radius 3 is 2.36 bits per heavy atom. The maximum absolute atomic E-state index is 3.63. The molecule has 0 amide bonds. The van der Waals surface area contributed by atoms with Gasteiger partial charge < -0.3 is 10.6 Å². The van der Waals surface area contributed by atoms with E-state index in [-0.39, 0.29) is 5.54 Å². The molecule has 2 nitrogen and oxygen atoms in total. The highest BCUT2D eigenvalue weighted by Gasteiger charge is 2.24. The van der Waals surface area contributed by atoms with E-state index in [4.69, 9.17) is 0 Å². The van der Waals surface area contributed by atoms with Crippen molar-refractivity contribution in [2.45, 2.75) is 44.7 Å². The summed E-state index contributed by atoms with van der Waals surface area (Å²) in [5.74, 6) is 0. The minimum absolute atomic E-state index is 0.264. The lowest BCUT2D eigenvalue weighted by molar-refractivity contribution is 0.249. The number of hydrogen-bond acceptors (Lipinski definition) is 2. The van der Waals surface area contributed by atoms with E-state index in [1.807, 2.05) is 7.05 Å². The molecule has 66 valence electrons. The summed E-state index contributed by atoms with van der Waals surface area (Å²) in [6.45, 7) is 5.55. The van der Waals surface area contributed by atoms with E-state index in [0.717, 1.165) is 12.6 Å². The van der Waals surface area contributed by atoms with E-state index in [2.05, 4.69) is 24.5 Å². The van der Waals surface area contributed by atoms with E-state index in [1.54, 1.807) is 0 Å². The third-order valence-corrected chi connectivity index (χ3v) is 2.32. The van der Waals surface area contributed by atoms with Gasteiger partial charge in [0.2, 0.25) is 0 Å². The van der Waals surface area contributed by atoms with Crippen molar-refractivity contribution in [3.05, 3.63) is 0 Å². The lowest BCUT2D eigenvalue weighted by Gasteiger charge is -2.36. The van der Waals surface area contributed by atoms with Gasteiger partial charge >= 0.3 is 0 Å². The van der Waals surface area contributed by atoms with E-state index < -0.39 is 0 Å². The maximum Gasteiger partial charge on any atom is 0.0252 e. The van der Waals surface area contributed by atoms with Gasteiger partial charge in [-0.25, -0.2) is 0 Å². The predicted molar refractivity (Wildman–Crippen MR) is 48.8 cm³/mol. The summed E-state index contributed by atoms with van der Waals surface area (Å²) in [7, 11) is 2.00. The Morgan fingerprint density at radius 2 is 2.00 bits per heavy atom. The molecule has 0 radical (unpaired) electrons. The Balaban J connectivity index is 2.20. The summed E-state index contributed by atoms with van der Waals surface area (Å²) >= 11 is 0. The highest BCUT2D eigenvalue weighted by atomic mass is 15.0. The molecule has 0 heterocycles. The molecule has 1 rings (SSSR count). The Kier molecular flexibility index (Phi) is 2.90. The number of rotatable bonds is 4. The molecule has 1 aliphatic carbocycles. The first-order valence-electron chi connectivity index (χ1n) is 4.56. The van der Waals surface area contributed by atoms with Gasteiger partial charge in [0.25, 0.3) is 0 Å². The molecule has 0 aromatic rings. The van der Waals surface area contributed by atoms with Crippen molar-refractivity contribution in [3.8, 4) is 0 Å². The molecule has 0 atom stereocenters. The molecule has 2 heteroatoms. The van der Waals surface area contributed by atoms with Crippen LogP contribution in [0, 0.1) is 0 Å². The minimum Gasteiger partial charge on any atom is -0.318 e. The Bertz CT molecular complexity index is 117. The Hall–Kier alpha value is -0.0800. The largest absolute Gasteiger partial charge is 0.318 e. The van der Waals surface area contributed by atoms with Crippen LogP contribution in [0.15, 0.2) is 0 Å². The standard InChI is InChI=1S/C9H20N2/c1-9(2,7-10-3)11-8-5-4-6-8/h8,10-11H,4-7H2,1-3H3. The average Bonchev–Trinajstić information content (AvgIpc) is 1.79. The first-order chi connectivity index (χ1) is 5.14. The van der Waals surface area contributed by atoms with Crippen LogP contribution in [-0.4, -0.2) is 25.2 Å². The highest BCUT2D eigenvalue weighted by Crippen LogP contribution is 2.20. The number of hydrogen-bond donors (Lipinski definition) is 2. The molecule has 11 heavy (non-hydrogen) atoms. The van der Waals surface area contributed by atoms with Crippen molar-refractivity contribution in [1.82, 2.24) is 10.6 Å². The fourth-order valence-corrected chi connectivity index (χ4v) is 1.60. The molecule has 0 saturated heterocycles. The van der Waals surface area contributed by atoms with Gasteiger partial charge in [-0.05, 0) is 33.7 Å². The highest BCUT2D eigenvalue weighted by molar-refractivity contribution is 4.87. The zero-order valence-electron chi connectivity index (χ0n) is 7.91. The van der Waals surface area contributed by atoms with Crippen LogP contribution >= 0.6 is 0 Å². The number of likely N-dealkylation sites (N-methyl/N-ethyl adjacent to an activating group) is 1. The second-order valence-corrected chi connectivity index (χ2v) is 4.19. The number of nitrogens with one attached hydrogen (secondary N) is 2. The minimum atomic E-state index is 0.264. The maximum atomic E-state index is 3.63. The van der Waals surface area contributed by atoms with Crippen molar-refractivity contribution in [2.24, 2.45) is 0 Å². The van der Waals surface area contributed by atoms with Crippen molar-refractivity contribution in [2.75, 3.05) is 13.6 Å². The summed E-state index contributed by atoms with van der Waals surface area (Å²) in [5, 5.41) is 6.83. The molecule has 2 N–H and O–H groups in total. The van der Waals surface area contributed by atoms with Crippen LogP contribution in [0.3, 0.4) is 0 Å². The van der Waals surface area contributed by atoms with Crippen LogP contribution in [-0.2, 0) is 0 Å². The first kappa shape index (κ1) is 9.01. The van der Waals surface area contributed by atoms with Crippen LogP contribution in [0.1, 0.15) is 33.1 Å². The zero-order chi connectivity index (χ0) is 8.32. The molecule has 1 aliphatic rings. The molecule has 0 aromatic carbocycles. The van der Waals surface area contributed by atoms with Crippen molar-refractivity contribution >= 4 is 0 Å². The molecule has 1 fully saturated rings. The Labute approximate surface area is 69.8 Å². The van der Waals surface area contributed by atoms with Crippen molar-refractivity contribution in [3.63, 3.8) is 0 Å². The van der Waals surface area contributed by atoms with E-state index >= 15 is 0 Å². The summed E-state index contributed by atoms with van der Waals surface area (Å²) in [5.41, 5.74) is 0.264. The molecule has 0 unspecified atom stereocenters. The van der Waals surface area contributed by atoms with Gasteiger partial charge in [-0.2, -0.15) is 0 Å². The quantitative estimate of drug-likeness (QED) is 0.637. The van der Waals surface area contributed by atoms with Gasteiger partial charge in [0.05, 0.1) is 0 Å². The van der Waals surface area contributed by atoms with Crippen LogP contribution < -0.4 is 10.6 Å². The third-order valence-electron chi connectivity index (χ3n) is 2.32. The second kappa shape index (κ2) is 3.55. The Morgan fingerprint density at radius 1 is 1.36 bits per heavy atom. The summed E-state index contributed by atoms with van der Waals surface area (Å²) < 4.78 is 0. The van der Waals surface area contributed by atoms with Crippen LogP contribution in [0.25, 0.3) is 0 Å². The van der Waals surface area contributed by atoms with E-state index in [0.29, 0.717) is 0 Å². The van der Waals surface area contributed by atoms with Crippen LogP contribution in [0.2, 0.25) is 0 Å². The van der Waals surface area contributed by atoms with Gasteiger partial charge in [0, 0.05) is 18.1 Å². The molecule has 0 aliphatic heterocycles. The molecule has 0 spiro atoms. The fraction of sp³-hybridized carbons (Fsp3) is 1.00. The summed E-state index contributed by atoms with van der Waals surface area (Å²) in [6, 6.07) is 0.790.